The molecule has 0 saturated carbocycles. The second kappa shape index (κ2) is 9.60. The molecule has 2 aromatic heterocycles. The van der Waals surface area contributed by atoms with Gasteiger partial charge in [0, 0.05) is 32.8 Å². The van der Waals surface area contributed by atoms with E-state index < -0.39 is 0 Å². The summed E-state index contributed by atoms with van der Waals surface area (Å²) in [5.41, 5.74) is 1.95. The fraction of sp³-hybridized carbons (Fsp3) is 0.522. The lowest BCUT2D eigenvalue weighted by atomic mass is 10.1. The number of allylic oxidation sites excluding steroid dienone is 1. The Morgan fingerprint density at radius 1 is 1.25 bits per heavy atom. The Morgan fingerprint density at radius 2 is 2.09 bits per heavy atom. The molecule has 4 rings (SSSR count). The third kappa shape index (κ3) is 5.04. The highest BCUT2D eigenvalue weighted by Gasteiger charge is 2.23. The quantitative estimate of drug-likeness (QED) is 0.741. The molecule has 0 fully saturated rings. The minimum absolute atomic E-state index is 0.00704. The average Bonchev–Trinajstić information content (AvgIpc) is 3.16. The lowest BCUT2D eigenvalue weighted by molar-refractivity contribution is -0.133. The molecule has 1 atom stereocenters. The number of rotatable bonds is 2. The minimum atomic E-state index is -0.0520. The molecular weight excluding hydrogens is 408 g/mol. The molecule has 0 aromatic carbocycles. The van der Waals surface area contributed by atoms with Gasteiger partial charge in [0.15, 0.2) is 12.4 Å². The van der Waals surface area contributed by atoms with Crippen molar-refractivity contribution in [3.8, 4) is 0 Å². The Morgan fingerprint density at radius 3 is 2.91 bits per heavy atom. The fourth-order valence-corrected chi connectivity index (χ4v) is 4.02. The predicted molar refractivity (Wildman–Crippen MR) is 123 cm³/mol. The second-order valence-corrected chi connectivity index (χ2v) is 8.72. The number of likely N-dealkylation sites (N-methyl/N-ethyl adjacent to an activating group) is 1. The predicted octanol–water partition coefficient (Wildman–Crippen LogP) is 2.65. The number of aromatic amines is 1. The topological polar surface area (TPSA) is 95.6 Å². The van der Waals surface area contributed by atoms with E-state index in [-0.39, 0.29) is 24.7 Å². The van der Waals surface area contributed by atoms with Crippen LogP contribution < -0.4 is 5.32 Å². The third-order valence-corrected chi connectivity index (χ3v) is 5.67. The number of hydrogen-bond donors (Lipinski definition) is 2. The van der Waals surface area contributed by atoms with E-state index in [9.17, 15) is 4.79 Å². The number of hydrogen-bond acceptors (Lipinski definition) is 7. The summed E-state index contributed by atoms with van der Waals surface area (Å²) < 4.78 is 11.9. The number of aromatic nitrogens is 3. The molecule has 1 aliphatic heterocycles. The highest BCUT2D eigenvalue weighted by molar-refractivity contribution is 5.90. The van der Waals surface area contributed by atoms with Crippen molar-refractivity contribution >= 4 is 22.8 Å². The number of ether oxygens (including phenoxy) is 2. The van der Waals surface area contributed by atoms with Gasteiger partial charge in [0.25, 0.3) is 5.91 Å². The van der Waals surface area contributed by atoms with Crippen LogP contribution in [0.1, 0.15) is 32.3 Å². The molecule has 2 bridgehead atoms. The van der Waals surface area contributed by atoms with E-state index in [2.05, 4.69) is 32.2 Å². The van der Waals surface area contributed by atoms with Crippen LogP contribution in [0.5, 0.6) is 0 Å². The molecule has 1 unspecified atom stereocenters. The highest BCUT2D eigenvalue weighted by atomic mass is 16.5. The molecule has 172 valence electrons. The Bertz CT molecular complexity index is 1030. The molecule has 2 N–H and O–H groups in total. The van der Waals surface area contributed by atoms with Gasteiger partial charge in [-0.25, -0.2) is 9.97 Å². The first kappa shape index (κ1) is 22.1. The van der Waals surface area contributed by atoms with Crippen LogP contribution in [0, 0.1) is 0 Å². The Kier molecular flexibility index (Phi) is 6.64. The van der Waals surface area contributed by atoms with E-state index in [1.54, 1.807) is 11.2 Å². The van der Waals surface area contributed by atoms with Gasteiger partial charge in [-0.2, -0.15) is 0 Å². The summed E-state index contributed by atoms with van der Waals surface area (Å²) in [6, 6.07) is -0.0520. The monoisotopic (exact) mass is 440 g/mol. The number of nitrogens with zero attached hydrogens (tertiary/aromatic N) is 4. The van der Waals surface area contributed by atoms with E-state index >= 15 is 0 Å². The average molecular weight is 441 g/mol. The van der Waals surface area contributed by atoms with Crippen molar-refractivity contribution in [1.82, 2.24) is 24.8 Å². The first-order valence-electron chi connectivity index (χ1n) is 11.1. The maximum absolute atomic E-state index is 12.6. The molecule has 1 amide bonds. The van der Waals surface area contributed by atoms with Crippen LogP contribution in [0.15, 0.2) is 36.2 Å². The molecule has 0 spiro atoms. The molecule has 1 aliphatic carbocycles. The molecule has 0 radical (unpaired) electrons. The van der Waals surface area contributed by atoms with Gasteiger partial charge in [-0.1, -0.05) is 6.08 Å². The van der Waals surface area contributed by atoms with E-state index in [0.717, 1.165) is 41.9 Å². The summed E-state index contributed by atoms with van der Waals surface area (Å²) in [4.78, 5) is 28.8. The largest absolute Gasteiger partial charge is 0.487 e. The molecular formula is C23H32N6O3. The van der Waals surface area contributed by atoms with Crippen LogP contribution in [0.25, 0.3) is 11.0 Å². The van der Waals surface area contributed by atoms with Gasteiger partial charge in [-0.3, -0.25) is 4.79 Å². The van der Waals surface area contributed by atoms with Crippen LogP contribution in [0.3, 0.4) is 0 Å². The smallest absolute Gasteiger partial charge is 0.260 e. The van der Waals surface area contributed by atoms with Crippen molar-refractivity contribution in [3.05, 3.63) is 41.8 Å². The van der Waals surface area contributed by atoms with Gasteiger partial charge in [0.05, 0.1) is 17.5 Å². The number of anilines is 1. The highest BCUT2D eigenvalue weighted by Crippen LogP contribution is 2.29. The van der Waals surface area contributed by atoms with E-state index in [1.807, 2.05) is 39.2 Å². The van der Waals surface area contributed by atoms with Crippen molar-refractivity contribution in [2.75, 3.05) is 39.1 Å². The SMILES string of the molecule is CC(C)OC1=C2CC(C=C1)Nc1ncnc3[nH]cc(c13)CN(C)CCCN(C)C(=O)CO2. The Labute approximate surface area is 188 Å². The van der Waals surface area contributed by atoms with Gasteiger partial charge >= 0.3 is 0 Å². The molecule has 9 heteroatoms. The normalized spacial score (nSPS) is 21.1. The molecule has 2 aromatic rings. The number of H-pyrrole nitrogens is 1. The van der Waals surface area contributed by atoms with E-state index in [4.69, 9.17) is 9.47 Å². The second-order valence-electron chi connectivity index (χ2n) is 8.72. The fourth-order valence-electron chi connectivity index (χ4n) is 4.02. The minimum Gasteiger partial charge on any atom is -0.487 e. The van der Waals surface area contributed by atoms with Crippen LogP contribution in [0.4, 0.5) is 5.82 Å². The number of carbonyl (C=O) groups is 1. The van der Waals surface area contributed by atoms with Crippen LogP contribution in [-0.4, -0.2) is 76.6 Å². The number of fused-ring (bicyclic) bond motifs is 2. The molecule has 0 saturated heterocycles. The van der Waals surface area contributed by atoms with E-state index in [1.165, 1.54) is 0 Å². The Hall–Kier alpha value is -3.07. The summed E-state index contributed by atoms with van der Waals surface area (Å²) in [5.74, 6) is 2.09. The van der Waals surface area contributed by atoms with Crippen LogP contribution >= 0.6 is 0 Å². The van der Waals surface area contributed by atoms with Gasteiger partial charge in [-0.15, -0.1) is 0 Å². The van der Waals surface area contributed by atoms with Crippen molar-refractivity contribution in [2.24, 2.45) is 0 Å². The maximum Gasteiger partial charge on any atom is 0.260 e. The lowest BCUT2D eigenvalue weighted by Crippen LogP contribution is -2.33. The van der Waals surface area contributed by atoms with E-state index in [0.29, 0.717) is 24.5 Å². The van der Waals surface area contributed by atoms with Crippen LogP contribution in [0.2, 0.25) is 0 Å². The zero-order valence-electron chi connectivity index (χ0n) is 19.2. The first-order chi connectivity index (χ1) is 15.4. The zero-order chi connectivity index (χ0) is 22.7. The van der Waals surface area contributed by atoms with Crippen molar-refractivity contribution in [2.45, 2.75) is 45.4 Å². The van der Waals surface area contributed by atoms with Gasteiger partial charge in [-0.05, 0) is 45.5 Å². The number of carbonyl (C=O) groups excluding carboxylic acids is 1. The number of nitrogens with one attached hydrogen (secondary N) is 2. The summed E-state index contributed by atoms with van der Waals surface area (Å²) in [6.07, 6.45) is 8.97. The molecule has 32 heavy (non-hydrogen) atoms. The standard InChI is InChI=1S/C23H32N6O3/c1-15(2)32-18-7-6-17-10-19(18)31-13-20(30)29(4)9-5-8-28(3)12-16-11-24-22-21(16)23(27-17)26-14-25-22/h6-7,11,14-15,17H,5,8-10,12-13H2,1-4H3,(H2,24,25,26,27). The summed E-state index contributed by atoms with van der Waals surface area (Å²) >= 11 is 0. The molecule has 9 nitrogen and oxygen atoms in total. The lowest BCUT2D eigenvalue weighted by Gasteiger charge is -2.26. The van der Waals surface area contributed by atoms with Crippen molar-refractivity contribution in [1.29, 1.82) is 0 Å². The van der Waals surface area contributed by atoms with Gasteiger partial charge in [0.2, 0.25) is 0 Å². The van der Waals surface area contributed by atoms with Gasteiger partial charge in [0.1, 0.15) is 23.6 Å². The number of amides is 1. The summed E-state index contributed by atoms with van der Waals surface area (Å²) in [6.45, 7) is 6.25. The van der Waals surface area contributed by atoms with Crippen LogP contribution in [-0.2, 0) is 20.8 Å². The summed E-state index contributed by atoms with van der Waals surface area (Å²) in [7, 11) is 3.91. The Balaban J connectivity index is 1.67. The van der Waals surface area contributed by atoms with Crippen molar-refractivity contribution in [3.63, 3.8) is 0 Å². The zero-order valence-corrected chi connectivity index (χ0v) is 19.2. The third-order valence-electron chi connectivity index (χ3n) is 5.67. The first-order valence-corrected chi connectivity index (χ1v) is 11.1. The maximum atomic E-state index is 12.6. The van der Waals surface area contributed by atoms with Crippen molar-refractivity contribution < 1.29 is 14.3 Å². The molecule has 3 heterocycles. The van der Waals surface area contributed by atoms with Gasteiger partial charge < -0.3 is 29.6 Å². The molecule has 2 aliphatic rings. The summed E-state index contributed by atoms with van der Waals surface area (Å²) in [5, 5.41) is 4.53.